The van der Waals surface area contributed by atoms with Crippen LogP contribution in [0.3, 0.4) is 0 Å². The molecule has 1 saturated heterocycles. The van der Waals surface area contributed by atoms with Gasteiger partial charge in [0.2, 0.25) is 0 Å². The van der Waals surface area contributed by atoms with Gasteiger partial charge in [0.1, 0.15) is 17.1 Å². The van der Waals surface area contributed by atoms with Crippen LogP contribution in [-0.2, 0) is 19.2 Å². The molecule has 0 spiro atoms. The summed E-state index contributed by atoms with van der Waals surface area (Å²) >= 11 is 2.41. The molecule has 0 radical (unpaired) electrons. The fourth-order valence-corrected chi connectivity index (χ4v) is 4.60. The second-order valence-electron chi connectivity index (χ2n) is 6.93. The zero-order valence-corrected chi connectivity index (χ0v) is 17.0. The number of nitrogen functional groups attached to an aromatic ring is 1. The van der Waals surface area contributed by atoms with E-state index in [2.05, 4.69) is 10.3 Å². The Morgan fingerprint density at radius 3 is 2.62 bits per heavy atom. The Balaban J connectivity index is 1.86. The molecule has 10 nitrogen and oxygen atoms in total. The van der Waals surface area contributed by atoms with Gasteiger partial charge in [0.25, 0.3) is 11.8 Å². The zero-order chi connectivity index (χ0) is 21.5. The third-order valence-corrected chi connectivity index (χ3v) is 6.31. The highest BCUT2D eigenvalue weighted by atomic mass is 32.2. The third kappa shape index (κ3) is 3.85. The van der Waals surface area contributed by atoms with Crippen LogP contribution in [-0.4, -0.2) is 61.0 Å². The number of fused-ring (bicyclic) bond motifs is 1. The van der Waals surface area contributed by atoms with E-state index in [4.69, 9.17) is 5.73 Å². The Kier molecular flexibility index (Phi) is 5.41. The number of aromatic nitrogens is 1. The van der Waals surface area contributed by atoms with E-state index in [1.807, 2.05) is 0 Å². The van der Waals surface area contributed by atoms with Crippen LogP contribution in [0, 0.1) is 5.41 Å². The van der Waals surface area contributed by atoms with Crippen molar-refractivity contribution in [3.8, 4) is 0 Å². The second-order valence-corrected chi connectivity index (χ2v) is 8.97. The summed E-state index contributed by atoms with van der Waals surface area (Å²) in [6.45, 7) is 2.85. The van der Waals surface area contributed by atoms with Gasteiger partial charge in [0, 0.05) is 11.1 Å². The van der Waals surface area contributed by atoms with Crippen molar-refractivity contribution in [3.05, 3.63) is 28.9 Å². The lowest BCUT2D eigenvalue weighted by Crippen LogP contribution is -2.70. The highest BCUT2D eigenvalue weighted by Crippen LogP contribution is 2.38. The lowest BCUT2D eigenvalue weighted by Gasteiger charge is -2.48. The predicted octanol–water partition coefficient (Wildman–Crippen LogP) is 0.588. The van der Waals surface area contributed by atoms with Gasteiger partial charge >= 0.3 is 11.9 Å². The Morgan fingerprint density at radius 1 is 1.38 bits per heavy atom. The molecule has 154 valence electrons. The largest absolute Gasteiger partial charge is 0.481 e. The lowest BCUT2D eigenvalue weighted by atomic mass is 9.89. The molecule has 12 heteroatoms. The number of thioether (sulfide) groups is 1. The molecule has 1 aromatic rings. The Bertz CT molecular complexity index is 967. The number of hydrogen-bond donors (Lipinski definition) is 4. The Hall–Kier alpha value is -2.86. The van der Waals surface area contributed by atoms with Gasteiger partial charge in [-0.25, -0.2) is 9.78 Å². The van der Waals surface area contributed by atoms with Gasteiger partial charge in [0.05, 0.1) is 16.7 Å². The summed E-state index contributed by atoms with van der Waals surface area (Å²) in [5.74, 6) is -3.19. The molecule has 0 aromatic carbocycles. The number of aliphatic carboxylic acids is 2. The van der Waals surface area contributed by atoms with Gasteiger partial charge in [-0.15, -0.1) is 23.1 Å². The molecule has 1 fully saturated rings. The normalized spacial score (nSPS) is 21.7. The number of carboxylic acid groups (broad SMARTS) is 2. The van der Waals surface area contributed by atoms with Crippen LogP contribution in [0.25, 0.3) is 5.57 Å². The van der Waals surface area contributed by atoms with Gasteiger partial charge in [0.15, 0.2) is 5.13 Å². The number of hydrogen-bond acceptors (Lipinski definition) is 8. The average Bonchev–Trinajstić information content (AvgIpc) is 3.08. The first-order valence-corrected chi connectivity index (χ1v) is 10.3. The van der Waals surface area contributed by atoms with Crippen LogP contribution in [0.5, 0.6) is 0 Å². The van der Waals surface area contributed by atoms with Gasteiger partial charge < -0.3 is 21.3 Å². The van der Waals surface area contributed by atoms with Crippen molar-refractivity contribution in [1.82, 2.24) is 15.2 Å². The summed E-state index contributed by atoms with van der Waals surface area (Å²) in [7, 11) is 0. The van der Waals surface area contributed by atoms with Crippen molar-refractivity contribution in [2.24, 2.45) is 5.41 Å². The van der Waals surface area contributed by atoms with E-state index in [0.717, 1.165) is 16.2 Å². The second kappa shape index (κ2) is 7.52. The fourth-order valence-electron chi connectivity index (χ4n) is 2.85. The van der Waals surface area contributed by atoms with E-state index in [1.54, 1.807) is 0 Å². The summed E-state index contributed by atoms with van der Waals surface area (Å²) < 4.78 is 0. The Labute approximate surface area is 173 Å². The van der Waals surface area contributed by atoms with Crippen molar-refractivity contribution in [3.63, 3.8) is 0 Å². The molecule has 2 amide bonds. The maximum atomic E-state index is 12.9. The minimum absolute atomic E-state index is 0.0218. The highest BCUT2D eigenvalue weighted by Gasteiger charge is 2.53. The number of nitrogens with two attached hydrogens (primary N) is 1. The number of carboxylic acids is 2. The molecule has 2 aliphatic heterocycles. The van der Waals surface area contributed by atoms with E-state index in [1.165, 1.54) is 43.1 Å². The van der Waals surface area contributed by atoms with Crippen LogP contribution in [0.1, 0.15) is 19.5 Å². The molecular weight excluding hydrogens is 420 g/mol. The molecule has 29 heavy (non-hydrogen) atoms. The van der Waals surface area contributed by atoms with Gasteiger partial charge in [-0.2, -0.15) is 0 Å². The quantitative estimate of drug-likeness (QED) is 0.367. The van der Waals surface area contributed by atoms with Crippen molar-refractivity contribution in [2.75, 3.05) is 11.5 Å². The molecule has 3 rings (SSSR count). The van der Waals surface area contributed by atoms with Gasteiger partial charge in [-0.05, 0) is 19.9 Å². The fraction of sp³-hybridized carbons (Fsp3) is 0.353. The topological polar surface area (TPSA) is 163 Å². The molecular formula is C17H18N4O6S2. The van der Waals surface area contributed by atoms with Crippen LogP contribution in [0.2, 0.25) is 0 Å². The van der Waals surface area contributed by atoms with Crippen molar-refractivity contribution in [2.45, 2.75) is 25.3 Å². The molecule has 2 atom stereocenters. The smallest absolute Gasteiger partial charge is 0.352 e. The van der Waals surface area contributed by atoms with Gasteiger partial charge in [-0.3, -0.25) is 19.3 Å². The first-order chi connectivity index (χ1) is 13.5. The standard InChI is InChI=1S/C17H18N4O6S2/c1-17(2,15(26)27)5-7(8-6-29-16(18)19-8)11(22)20-10-12(23)21-9(14(24)25)3-4-28-13(10)21/h3,5-6,10,13H,4H2,1-2H3,(H2,18,19)(H,20,22)(H,24,25)(H,26,27)/b7-5+/t10-,13-/m1/s1. The van der Waals surface area contributed by atoms with Crippen LogP contribution >= 0.6 is 23.1 Å². The number of carbonyl (C=O) groups is 4. The molecule has 0 bridgehead atoms. The molecule has 2 aliphatic rings. The highest BCUT2D eigenvalue weighted by molar-refractivity contribution is 8.00. The molecule has 1 aromatic heterocycles. The Morgan fingerprint density at radius 2 is 2.07 bits per heavy atom. The summed E-state index contributed by atoms with van der Waals surface area (Å²) in [5.41, 5.74) is 4.33. The number of anilines is 1. The third-order valence-electron chi connectivity index (χ3n) is 4.45. The summed E-state index contributed by atoms with van der Waals surface area (Å²) in [6, 6.07) is -0.928. The summed E-state index contributed by atoms with van der Waals surface area (Å²) in [6.07, 6.45) is 2.70. The number of nitrogens with zero attached hydrogens (tertiary/aromatic N) is 2. The van der Waals surface area contributed by atoms with Gasteiger partial charge in [-0.1, -0.05) is 6.08 Å². The SMILES string of the molecule is CC(C)(/C=C(/C(=O)N[C@@H]1C(=O)N2C(C(=O)O)=CCS[C@H]12)c1csc(N)n1)C(=O)O. The van der Waals surface area contributed by atoms with Crippen LogP contribution < -0.4 is 11.1 Å². The minimum atomic E-state index is -1.38. The van der Waals surface area contributed by atoms with Crippen molar-refractivity contribution >= 4 is 57.6 Å². The maximum Gasteiger partial charge on any atom is 0.352 e. The summed E-state index contributed by atoms with van der Waals surface area (Å²) in [5, 5.41) is 22.4. The number of β-lactam (4-membered cyclic amide) rings is 1. The zero-order valence-electron chi connectivity index (χ0n) is 15.4. The van der Waals surface area contributed by atoms with Crippen molar-refractivity contribution < 1.29 is 29.4 Å². The lowest BCUT2D eigenvalue weighted by molar-refractivity contribution is -0.150. The first-order valence-electron chi connectivity index (χ1n) is 8.39. The monoisotopic (exact) mass is 438 g/mol. The number of rotatable bonds is 6. The van der Waals surface area contributed by atoms with Crippen LogP contribution in [0.4, 0.5) is 5.13 Å². The van der Waals surface area contributed by atoms with Crippen LogP contribution in [0.15, 0.2) is 23.2 Å². The minimum Gasteiger partial charge on any atom is -0.481 e. The van der Waals surface area contributed by atoms with E-state index < -0.39 is 40.6 Å². The van der Waals surface area contributed by atoms with E-state index in [-0.39, 0.29) is 22.1 Å². The average molecular weight is 438 g/mol. The molecule has 0 saturated carbocycles. The maximum absolute atomic E-state index is 12.9. The number of thiazole rings is 1. The molecule has 0 unspecified atom stereocenters. The molecule has 3 heterocycles. The van der Waals surface area contributed by atoms with Crippen molar-refractivity contribution in [1.29, 1.82) is 0 Å². The van der Waals surface area contributed by atoms with E-state index in [9.17, 15) is 29.4 Å². The van der Waals surface area contributed by atoms with E-state index in [0.29, 0.717) is 5.75 Å². The predicted molar refractivity (Wildman–Crippen MR) is 107 cm³/mol. The number of carbonyl (C=O) groups excluding carboxylic acids is 2. The van der Waals surface area contributed by atoms with E-state index >= 15 is 0 Å². The summed E-state index contributed by atoms with van der Waals surface area (Å²) in [4.78, 5) is 53.4. The molecule has 0 aliphatic carbocycles. The number of nitrogens with one attached hydrogen (secondary N) is 1. The molecule has 5 N–H and O–H groups in total. The number of amides is 2. The first kappa shape index (κ1) is 20.9.